The number of hydrogen-bond donors (Lipinski definition) is 1. The zero-order chi connectivity index (χ0) is 17.3. The van der Waals surface area contributed by atoms with Crippen molar-refractivity contribution >= 4 is 22.6 Å². The fraction of sp³-hybridized carbons (Fsp3) is 0.526. The molecule has 1 aliphatic rings. The standard InChI is InChI=1S/C19H26N2O3/c1-12-16(20-13-5-7-14(8-6-13)21(2)3)11-17-15(9-10-24-17)18(12)19(22)23-4/h9-11,13-14,20H,5-8H2,1-4H3/t13-,14-. The summed E-state index contributed by atoms with van der Waals surface area (Å²) in [5.41, 5.74) is 3.19. The van der Waals surface area contributed by atoms with Crippen LogP contribution in [0, 0.1) is 6.92 Å². The first-order valence-electron chi connectivity index (χ1n) is 8.53. The Hall–Kier alpha value is -2.01. The van der Waals surface area contributed by atoms with Gasteiger partial charge in [-0.1, -0.05) is 0 Å². The second kappa shape index (κ2) is 6.85. The number of benzene rings is 1. The number of methoxy groups -OCH3 is 1. The molecule has 0 radical (unpaired) electrons. The molecule has 3 rings (SSSR count). The number of hydrogen-bond acceptors (Lipinski definition) is 5. The second-order valence-corrected chi connectivity index (χ2v) is 6.86. The molecule has 1 aromatic carbocycles. The van der Waals surface area contributed by atoms with Gasteiger partial charge in [-0.2, -0.15) is 0 Å². The van der Waals surface area contributed by atoms with Gasteiger partial charge in [-0.3, -0.25) is 0 Å². The van der Waals surface area contributed by atoms with Gasteiger partial charge in [-0.05, 0) is 58.3 Å². The van der Waals surface area contributed by atoms with Gasteiger partial charge in [-0.25, -0.2) is 4.79 Å². The number of carbonyl (C=O) groups excluding carboxylic acids is 1. The molecule has 24 heavy (non-hydrogen) atoms. The Kier molecular flexibility index (Phi) is 4.81. The number of fused-ring (bicyclic) bond motifs is 1. The van der Waals surface area contributed by atoms with Crippen LogP contribution in [0.2, 0.25) is 0 Å². The van der Waals surface area contributed by atoms with Crippen LogP contribution < -0.4 is 5.32 Å². The highest BCUT2D eigenvalue weighted by atomic mass is 16.5. The molecule has 0 bridgehead atoms. The highest BCUT2D eigenvalue weighted by Gasteiger charge is 2.24. The maximum Gasteiger partial charge on any atom is 0.338 e. The molecule has 0 aliphatic heterocycles. The van der Waals surface area contributed by atoms with Crippen LogP contribution in [-0.2, 0) is 4.74 Å². The lowest BCUT2D eigenvalue weighted by Gasteiger charge is -2.33. The van der Waals surface area contributed by atoms with E-state index in [1.807, 2.05) is 19.1 Å². The zero-order valence-corrected chi connectivity index (χ0v) is 14.9. The van der Waals surface area contributed by atoms with E-state index < -0.39 is 0 Å². The molecule has 5 nitrogen and oxygen atoms in total. The predicted molar refractivity (Wildman–Crippen MR) is 95.6 cm³/mol. The van der Waals surface area contributed by atoms with Gasteiger partial charge >= 0.3 is 5.97 Å². The van der Waals surface area contributed by atoms with Crippen molar-refractivity contribution in [1.29, 1.82) is 0 Å². The summed E-state index contributed by atoms with van der Waals surface area (Å²) in [4.78, 5) is 14.5. The molecule has 2 aromatic rings. The normalized spacial score (nSPS) is 21.2. The van der Waals surface area contributed by atoms with E-state index in [-0.39, 0.29) is 5.97 Å². The number of rotatable bonds is 4. The number of furan rings is 1. The molecule has 1 heterocycles. The molecule has 0 amide bonds. The highest BCUT2D eigenvalue weighted by Crippen LogP contribution is 2.32. The Morgan fingerprint density at radius 1 is 1.29 bits per heavy atom. The van der Waals surface area contributed by atoms with Crippen molar-refractivity contribution in [1.82, 2.24) is 4.90 Å². The quantitative estimate of drug-likeness (QED) is 0.864. The van der Waals surface area contributed by atoms with E-state index in [1.54, 1.807) is 6.26 Å². The Bertz CT molecular complexity index is 728. The van der Waals surface area contributed by atoms with Crippen LogP contribution in [0.25, 0.3) is 11.0 Å². The summed E-state index contributed by atoms with van der Waals surface area (Å²) in [6.07, 6.45) is 6.26. The number of nitrogens with one attached hydrogen (secondary N) is 1. The molecule has 0 unspecified atom stereocenters. The molecular weight excluding hydrogens is 304 g/mol. The van der Waals surface area contributed by atoms with Gasteiger partial charge in [0.1, 0.15) is 5.58 Å². The largest absolute Gasteiger partial charge is 0.465 e. The number of carbonyl (C=O) groups is 1. The van der Waals surface area contributed by atoms with E-state index in [0.29, 0.717) is 23.2 Å². The summed E-state index contributed by atoms with van der Waals surface area (Å²) in [5.74, 6) is -0.320. The lowest BCUT2D eigenvalue weighted by Crippen LogP contribution is -2.36. The smallest absolute Gasteiger partial charge is 0.338 e. The topological polar surface area (TPSA) is 54.7 Å². The van der Waals surface area contributed by atoms with E-state index in [2.05, 4.69) is 24.3 Å². The third-order valence-electron chi connectivity index (χ3n) is 5.20. The van der Waals surface area contributed by atoms with Gasteiger partial charge in [0.2, 0.25) is 0 Å². The van der Waals surface area contributed by atoms with Crippen molar-refractivity contribution in [2.24, 2.45) is 0 Å². The molecule has 0 saturated heterocycles. The number of esters is 1. The van der Waals surface area contributed by atoms with Crippen LogP contribution in [0.1, 0.15) is 41.6 Å². The number of anilines is 1. The second-order valence-electron chi connectivity index (χ2n) is 6.86. The summed E-state index contributed by atoms with van der Waals surface area (Å²) in [5, 5.41) is 4.43. The fourth-order valence-corrected chi connectivity index (χ4v) is 3.69. The summed E-state index contributed by atoms with van der Waals surface area (Å²) < 4.78 is 10.5. The van der Waals surface area contributed by atoms with E-state index in [0.717, 1.165) is 29.5 Å². The first-order valence-corrected chi connectivity index (χ1v) is 8.53. The first-order chi connectivity index (χ1) is 11.5. The molecular formula is C19H26N2O3. The van der Waals surface area contributed by atoms with Crippen LogP contribution >= 0.6 is 0 Å². The van der Waals surface area contributed by atoms with E-state index in [4.69, 9.17) is 9.15 Å². The van der Waals surface area contributed by atoms with Crippen molar-refractivity contribution < 1.29 is 13.9 Å². The average molecular weight is 330 g/mol. The van der Waals surface area contributed by atoms with Gasteiger partial charge < -0.3 is 19.4 Å². The molecule has 1 aromatic heterocycles. The van der Waals surface area contributed by atoms with Gasteiger partial charge in [0.05, 0.1) is 18.9 Å². The number of nitrogens with zero attached hydrogens (tertiary/aromatic N) is 1. The van der Waals surface area contributed by atoms with Gasteiger partial charge in [0.15, 0.2) is 0 Å². The molecule has 1 aliphatic carbocycles. The highest BCUT2D eigenvalue weighted by molar-refractivity contribution is 6.06. The maximum atomic E-state index is 12.2. The Morgan fingerprint density at radius 3 is 2.62 bits per heavy atom. The van der Waals surface area contributed by atoms with Crippen LogP contribution in [-0.4, -0.2) is 44.2 Å². The average Bonchev–Trinajstić information content (AvgIpc) is 3.03. The van der Waals surface area contributed by atoms with Crippen molar-refractivity contribution in [3.63, 3.8) is 0 Å². The minimum atomic E-state index is -0.320. The summed E-state index contributed by atoms with van der Waals surface area (Å²) in [7, 11) is 5.71. The van der Waals surface area contributed by atoms with Crippen molar-refractivity contribution in [2.45, 2.75) is 44.7 Å². The van der Waals surface area contributed by atoms with Gasteiger partial charge in [0, 0.05) is 29.2 Å². The Balaban J connectivity index is 1.85. The Morgan fingerprint density at radius 2 is 2.00 bits per heavy atom. The van der Waals surface area contributed by atoms with Crippen molar-refractivity contribution in [3.8, 4) is 0 Å². The zero-order valence-electron chi connectivity index (χ0n) is 14.9. The van der Waals surface area contributed by atoms with E-state index >= 15 is 0 Å². The summed E-state index contributed by atoms with van der Waals surface area (Å²) in [6.45, 7) is 1.96. The van der Waals surface area contributed by atoms with Crippen molar-refractivity contribution in [3.05, 3.63) is 29.5 Å². The van der Waals surface area contributed by atoms with Crippen LogP contribution in [0.3, 0.4) is 0 Å². The molecule has 0 spiro atoms. The minimum absolute atomic E-state index is 0.320. The minimum Gasteiger partial charge on any atom is -0.465 e. The van der Waals surface area contributed by atoms with E-state index in [1.165, 1.54) is 20.0 Å². The third-order valence-corrected chi connectivity index (χ3v) is 5.20. The number of ether oxygens (including phenoxy) is 1. The molecule has 5 heteroatoms. The lowest BCUT2D eigenvalue weighted by atomic mass is 9.90. The van der Waals surface area contributed by atoms with Gasteiger partial charge in [-0.15, -0.1) is 0 Å². The summed E-state index contributed by atoms with van der Waals surface area (Å²) >= 11 is 0. The molecule has 1 saturated carbocycles. The van der Waals surface area contributed by atoms with E-state index in [9.17, 15) is 4.79 Å². The third kappa shape index (κ3) is 3.13. The van der Waals surface area contributed by atoms with Crippen LogP contribution in [0.4, 0.5) is 5.69 Å². The lowest BCUT2D eigenvalue weighted by molar-refractivity contribution is 0.0602. The van der Waals surface area contributed by atoms with Crippen molar-refractivity contribution in [2.75, 3.05) is 26.5 Å². The monoisotopic (exact) mass is 330 g/mol. The van der Waals surface area contributed by atoms with Gasteiger partial charge in [0.25, 0.3) is 0 Å². The first kappa shape index (κ1) is 16.8. The maximum absolute atomic E-state index is 12.2. The van der Waals surface area contributed by atoms with Crippen LogP contribution in [0.15, 0.2) is 22.8 Å². The fourth-order valence-electron chi connectivity index (χ4n) is 3.69. The van der Waals surface area contributed by atoms with Crippen LogP contribution in [0.5, 0.6) is 0 Å². The molecule has 1 N–H and O–H groups in total. The Labute approximate surface area is 143 Å². The molecule has 1 fully saturated rings. The SMILES string of the molecule is COC(=O)c1c(C)c(N[C@H]2CC[C@H](N(C)C)CC2)cc2occc12. The summed E-state index contributed by atoms with van der Waals surface area (Å²) in [6, 6.07) is 4.91. The molecule has 0 atom stereocenters. The predicted octanol–water partition coefficient (Wildman–Crippen LogP) is 3.81. The molecule has 130 valence electrons.